The third-order valence-corrected chi connectivity index (χ3v) is 2.15. The Labute approximate surface area is 87.9 Å². The second-order valence-corrected chi connectivity index (χ2v) is 3.15. The summed E-state index contributed by atoms with van der Waals surface area (Å²) in [6.07, 6.45) is 4.12. The van der Waals surface area contributed by atoms with Crippen LogP contribution in [0.15, 0.2) is 47.8 Å². The smallest absolute Gasteiger partial charge is 0.112 e. The average molecular weight is 200 g/mol. The molecule has 0 saturated heterocycles. The maximum absolute atomic E-state index is 5.37. The fourth-order valence-electron chi connectivity index (χ4n) is 1.41. The van der Waals surface area contributed by atoms with E-state index in [0.29, 0.717) is 6.42 Å². The summed E-state index contributed by atoms with van der Waals surface area (Å²) in [7, 11) is 0. The monoisotopic (exact) mass is 200 g/mol. The first kappa shape index (κ1) is 9.45. The summed E-state index contributed by atoms with van der Waals surface area (Å²) in [6, 6.07) is 9.85. The Kier molecular flexibility index (Phi) is 2.78. The van der Waals surface area contributed by atoms with Gasteiger partial charge < -0.3 is 10.8 Å². The topological polar surface area (TPSA) is 67.1 Å². The van der Waals surface area contributed by atoms with Gasteiger partial charge in [-0.3, -0.25) is 0 Å². The molecular weight excluding hydrogens is 188 g/mol. The van der Waals surface area contributed by atoms with E-state index in [9.17, 15) is 0 Å². The number of benzene rings is 1. The van der Waals surface area contributed by atoms with Gasteiger partial charge in [-0.25, -0.2) is 4.98 Å². The Morgan fingerprint density at radius 2 is 2.13 bits per heavy atom. The second-order valence-electron chi connectivity index (χ2n) is 3.15. The molecule has 0 bridgehead atoms. The fourth-order valence-corrected chi connectivity index (χ4v) is 1.41. The van der Waals surface area contributed by atoms with Crippen molar-refractivity contribution in [3.8, 4) is 0 Å². The number of nitrogens with one attached hydrogen (secondary N) is 1. The Bertz CT molecular complexity index is 431. The van der Waals surface area contributed by atoms with Crippen LogP contribution in [0.3, 0.4) is 0 Å². The normalized spacial score (nSPS) is 11.6. The van der Waals surface area contributed by atoms with Crippen LogP contribution in [0.1, 0.15) is 11.4 Å². The van der Waals surface area contributed by atoms with Crippen molar-refractivity contribution in [2.75, 3.05) is 0 Å². The first-order valence-electron chi connectivity index (χ1n) is 4.70. The van der Waals surface area contributed by atoms with E-state index in [4.69, 9.17) is 5.84 Å². The molecule has 0 atom stereocenters. The van der Waals surface area contributed by atoms with E-state index in [-0.39, 0.29) is 0 Å². The number of hydrogen-bond acceptors (Lipinski definition) is 3. The van der Waals surface area contributed by atoms with Crippen LogP contribution in [0.5, 0.6) is 0 Å². The van der Waals surface area contributed by atoms with Crippen molar-refractivity contribution in [3.63, 3.8) is 0 Å². The van der Waals surface area contributed by atoms with Crippen LogP contribution in [0, 0.1) is 0 Å². The van der Waals surface area contributed by atoms with Crippen molar-refractivity contribution in [2.45, 2.75) is 6.42 Å². The highest BCUT2D eigenvalue weighted by Crippen LogP contribution is 2.04. The molecule has 0 amide bonds. The number of aromatic amines is 1. The molecule has 1 aromatic carbocycles. The molecular formula is C11H12N4. The second kappa shape index (κ2) is 4.41. The molecule has 0 spiro atoms. The maximum atomic E-state index is 5.37. The Balaban J connectivity index is 2.20. The minimum Gasteiger partial charge on any atom is -0.348 e. The lowest BCUT2D eigenvalue weighted by molar-refractivity contribution is 1.07. The van der Waals surface area contributed by atoms with E-state index < -0.39 is 0 Å². The number of imidazole rings is 1. The van der Waals surface area contributed by atoms with Crippen LogP contribution in [0.4, 0.5) is 0 Å². The summed E-state index contributed by atoms with van der Waals surface area (Å²) in [5.41, 5.74) is 1.85. The van der Waals surface area contributed by atoms with Gasteiger partial charge in [0.1, 0.15) is 5.82 Å². The standard InChI is InChI=1S/C11H12N4/c12-15-10(8-11-13-6-7-14-11)9-4-2-1-3-5-9/h1-7H,8,12H2,(H,13,14)/b15-10+. The van der Waals surface area contributed by atoms with Crippen molar-refractivity contribution in [3.05, 3.63) is 54.1 Å². The molecule has 0 radical (unpaired) electrons. The molecule has 0 aliphatic rings. The maximum Gasteiger partial charge on any atom is 0.112 e. The molecule has 4 nitrogen and oxygen atoms in total. The molecule has 1 heterocycles. The predicted molar refractivity (Wildman–Crippen MR) is 59.5 cm³/mol. The number of hydrogen-bond donors (Lipinski definition) is 2. The molecule has 0 fully saturated rings. The SMILES string of the molecule is N/N=C(\Cc1ncc[nH]1)c1ccccc1. The first-order chi connectivity index (χ1) is 7.40. The number of rotatable bonds is 3. The lowest BCUT2D eigenvalue weighted by atomic mass is 10.1. The molecule has 0 aliphatic carbocycles. The minimum atomic E-state index is 0.619. The van der Waals surface area contributed by atoms with Gasteiger partial charge in [-0.05, 0) is 5.56 Å². The Hall–Kier alpha value is -2.10. The van der Waals surface area contributed by atoms with Gasteiger partial charge in [0.2, 0.25) is 0 Å². The van der Waals surface area contributed by atoms with Crippen molar-refractivity contribution in [1.82, 2.24) is 9.97 Å². The van der Waals surface area contributed by atoms with Gasteiger partial charge in [0.05, 0.1) is 12.1 Å². The summed E-state index contributed by atoms with van der Waals surface area (Å²) >= 11 is 0. The summed E-state index contributed by atoms with van der Waals surface area (Å²) < 4.78 is 0. The zero-order valence-corrected chi connectivity index (χ0v) is 8.22. The summed E-state index contributed by atoms with van der Waals surface area (Å²) in [5.74, 6) is 6.23. The lowest BCUT2D eigenvalue weighted by Crippen LogP contribution is -2.09. The zero-order valence-electron chi connectivity index (χ0n) is 8.22. The molecule has 2 aromatic rings. The number of H-pyrrole nitrogens is 1. The lowest BCUT2D eigenvalue weighted by Gasteiger charge is -2.02. The van der Waals surface area contributed by atoms with Crippen LogP contribution in [-0.4, -0.2) is 15.7 Å². The summed E-state index contributed by atoms with van der Waals surface area (Å²) in [5, 5.41) is 3.79. The molecule has 0 aliphatic heterocycles. The first-order valence-corrected chi connectivity index (χ1v) is 4.70. The van der Waals surface area contributed by atoms with E-state index in [0.717, 1.165) is 17.1 Å². The molecule has 1 aromatic heterocycles. The summed E-state index contributed by atoms with van der Waals surface area (Å²) in [4.78, 5) is 7.16. The van der Waals surface area contributed by atoms with E-state index in [1.54, 1.807) is 12.4 Å². The van der Waals surface area contributed by atoms with Gasteiger partial charge in [0.15, 0.2) is 0 Å². The van der Waals surface area contributed by atoms with Gasteiger partial charge in [0, 0.05) is 12.4 Å². The van der Waals surface area contributed by atoms with Gasteiger partial charge in [-0.2, -0.15) is 5.10 Å². The van der Waals surface area contributed by atoms with E-state index in [2.05, 4.69) is 15.1 Å². The third kappa shape index (κ3) is 2.22. The highest BCUT2D eigenvalue weighted by atomic mass is 15.1. The number of hydrazone groups is 1. The van der Waals surface area contributed by atoms with Gasteiger partial charge in [-0.1, -0.05) is 30.3 Å². The zero-order chi connectivity index (χ0) is 10.5. The molecule has 0 saturated carbocycles. The van der Waals surface area contributed by atoms with Crippen LogP contribution in [0.2, 0.25) is 0 Å². The van der Waals surface area contributed by atoms with Crippen LogP contribution < -0.4 is 5.84 Å². The Morgan fingerprint density at radius 3 is 2.73 bits per heavy atom. The number of nitrogens with two attached hydrogens (primary N) is 1. The van der Waals surface area contributed by atoms with Gasteiger partial charge in [-0.15, -0.1) is 0 Å². The molecule has 0 unspecified atom stereocenters. The van der Waals surface area contributed by atoms with Crippen molar-refractivity contribution < 1.29 is 0 Å². The third-order valence-electron chi connectivity index (χ3n) is 2.15. The number of nitrogens with zero attached hydrogens (tertiary/aromatic N) is 2. The summed E-state index contributed by atoms with van der Waals surface area (Å²) in [6.45, 7) is 0. The molecule has 4 heteroatoms. The van der Waals surface area contributed by atoms with Crippen LogP contribution >= 0.6 is 0 Å². The fraction of sp³-hybridized carbons (Fsp3) is 0.0909. The highest BCUT2D eigenvalue weighted by Gasteiger charge is 2.05. The Morgan fingerprint density at radius 1 is 1.33 bits per heavy atom. The highest BCUT2D eigenvalue weighted by molar-refractivity contribution is 6.01. The van der Waals surface area contributed by atoms with E-state index >= 15 is 0 Å². The van der Waals surface area contributed by atoms with Crippen molar-refractivity contribution in [2.24, 2.45) is 10.9 Å². The quantitative estimate of drug-likeness (QED) is 0.445. The molecule has 15 heavy (non-hydrogen) atoms. The molecule has 2 rings (SSSR count). The largest absolute Gasteiger partial charge is 0.348 e. The van der Waals surface area contributed by atoms with Crippen LogP contribution in [-0.2, 0) is 6.42 Å². The number of aromatic nitrogens is 2. The predicted octanol–water partition coefficient (Wildman–Crippen LogP) is 1.32. The molecule has 76 valence electrons. The van der Waals surface area contributed by atoms with Gasteiger partial charge in [0.25, 0.3) is 0 Å². The average Bonchev–Trinajstić information content (AvgIpc) is 2.80. The van der Waals surface area contributed by atoms with Crippen molar-refractivity contribution >= 4 is 5.71 Å². The minimum absolute atomic E-state index is 0.619. The van der Waals surface area contributed by atoms with Crippen LogP contribution in [0.25, 0.3) is 0 Å². The van der Waals surface area contributed by atoms with E-state index in [1.807, 2.05) is 30.3 Å². The van der Waals surface area contributed by atoms with Gasteiger partial charge >= 0.3 is 0 Å². The molecule has 3 N–H and O–H groups in total. The van der Waals surface area contributed by atoms with E-state index in [1.165, 1.54) is 0 Å². The van der Waals surface area contributed by atoms with Crippen molar-refractivity contribution in [1.29, 1.82) is 0 Å².